The maximum atomic E-state index is 12.5. The van der Waals surface area contributed by atoms with Crippen LogP contribution >= 0.6 is 0 Å². The van der Waals surface area contributed by atoms with Crippen LogP contribution in [-0.2, 0) is 24.2 Å². The summed E-state index contributed by atoms with van der Waals surface area (Å²) >= 11 is 0. The van der Waals surface area contributed by atoms with Gasteiger partial charge in [-0.05, 0) is 37.0 Å². The van der Waals surface area contributed by atoms with Gasteiger partial charge in [0.1, 0.15) is 0 Å². The minimum Gasteiger partial charge on any atom is -0.425 e. The first kappa shape index (κ1) is 19.5. The van der Waals surface area contributed by atoms with E-state index in [4.69, 9.17) is 4.42 Å². The van der Waals surface area contributed by atoms with E-state index in [0.717, 1.165) is 24.3 Å². The molecular weight excluding hydrogens is 340 g/mol. The van der Waals surface area contributed by atoms with Gasteiger partial charge in [0.25, 0.3) is 0 Å². The molecule has 6 heteroatoms. The van der Waals surface area contributed by atoms with E-state index >= 15 is 0 Å². The highest BCUT2D eigenvalue weighted by Gasteiger charge is 2.17. The molecule has 146 valence electrons. The molecule has 0 spiro atoms. The molecule has 2 aromatic heterocycles. The molecule has 0 N–H and O–H groups in total. The van der Waals surface area contributed by atoms with Crippen LogP contribution in [0.4, 0.5) is 0 Å². The number of carbonyl (C=O) groups is 1. The van der Waals surface area contributed by atoms with Crippen LogP contribution < -0.4 is 0 Å². The van der Waals surface area contributed by atoms with Crippen molar-refractivity contribution in [3.8, 4) is 0 Å². The smallest absolute Gasteiger partial charge is 0.223 e. The Morgan fingerprint density at radius 3 is 2.52 bits per heavy atom. The second-order valence-corrected chi connectivity index (χ2v) is 7.40. The van der Waals surface area contributed by atoms with E-state index < -0.39 is 0 Å². The fourth-order valence-corrected chi connectivity index (χ4v) is 3.75. The quantitative estimate of drug-likeness (QED) is 0.668. The molecule has 3 rings (SSSR count). The van der Waals surface area contributed by atoms with E-state index in [2.05, 4.69) is 15.2 Å². The molecule has 1 amide bonds. The Morgan fingerprint density at radius 2 is 1.81 bits per heavy atom. The topological polar surface area (TPSA) is 72.1 Å². The van der Waals surface area contributed by atoms with Crippen molar-refractivity contribution < 1.29 is 9.21 Å². The van der Waals surface area contributed by atoms with Crippen LogP contribution in [-0.4, -0.2) is 32.5 Å². The highest BCUT2D eigenvalue weighted by Crippen LogP contribution is 2.27. The zero-order valence-electron chi connectivity index (χ0n) is 16.3. The Labute approximate surface area is 161 Å². The van der Waals surface area contributed by atoms with Gasteiger partial charge in [0.2, 0.25) is 17.7 Å². The number of rotatable bonds is 9. The van der Waals surface area contributed by atoms with Gasteiger partial charge in [-0.25, -0.2) is 0 Å². The summed E-state index contributed by atoms with van der Waals surface area (Å²) in [6.45, 7) is 3.28. The van der Waals surface area contributed by atoms with Gasteiger partial charge < -0.3 is 9.32 Å². The molecule has 0 bridgehead atoms. The summed E-state index contributed by atoms with van der Waals surface area (Å²) in [6, 6.07) is 3.87. The summed E-state index contributed by atoms with van der Waals surface area (Å²) in [7, 11) is 0. The summed E-state index contributed by atoms with van der Waals surface area (Å²) in [5.74, 6) is 2.20. The van der Waals surface area contributed by atoms with E-state index in [-0.39, 0.29) is 5.91 Å². The molecule has 1 fully saturated rings. The standard InChI is InChI=1S/C21H30N4O2/c1-2-25(16-18-12-14-22-15-13-18)21(26)11-10-20-24-23-19(27-20)9-8-17-6-4-3-5-7-17/h12-15,17H,2-11,16H2,1H3. The van der Waals surface area contributed by atoms with Crippen molar-refractivity contribution in [2.75, 3.05) is 6.54 Å². The lowest BCUT2D eigenvalue weighted by atomic mass is 9.86. The molecule has 1 saturated carbocycles. The maximum absolute atomic E-state index is 12.5. The van der Waals surface area contributed by atoms with E-state index in [9.17, 15) is 4.79 Å². The molecule has 0 saturated heterocycles. The van der Waals surface area contributed by atoms with Crippen molar-refractivity contribution in [1.29, 1.82) is 0 Å². The lowest BCUT2D eigenvalue weighted by Gasteiger charge is -2.20. The molecular formula is C21H30N4O2. The minimum atomic E-state index is 0.108. The number of nitrogens with zero attached hydrogens (tertiary/aromatic N) is 4. The van der Waals surface area contributed by atoms with Crippen molar-refractivity contribution in [2.24, 2.45) is 5.92 Å². The fourth-order valence-electron chi connectivity index (χ4n) is 3.75. The van der Waals surface area contributed by atoms with Crippen LogP contribution in [0.2, 0.25) is 0 Å². The third kappa shape index (κ3) is 6.15. The molecule has 0 aliphatic heterocycles. The molecule has 0 radical (unpaired) electrons. The van der Waals surface area contributed by atoms with E-state index in [1.165, 1.54) is 32.1 Å². The Kier molecular flexibility index (Phi) is 7.36. The van der Waals surface area contributed by atoms with Crippen molar-refractivity contribution in [3.05, 3.63) is 41.9 Å². The third-order valence-corrected chi connectivity index (χ3v) is 5.41. The van der Waals surface area contributed by atoms with Crippen LogP contribution in [0, 0.1) is 5.92 Å². The van der Waals surface area contributed by atoms with Crippen molar-refractivity contribution in [3.63, 3.8) is 0 Å². The van der Waals surface area contributed by atoms with E-state index in [1.807, 2.05) is 24.0 Å². The van der Waals surface area contributed by atoms with Gasteiger partial charge >= 0.3 is 0 Å². The normalized spacial score (nSPS) is 15.0. The molecule has 6 nitrogen and oxygen atoms in total. The second kappa shape index (κ2) is 10.2. The lowest BCUT2D eigenvalue weighted by molar-refractivity contribution is -0.131. The van der Waals surface area contributed by atoms with Crippen LogP contribution in [0.1, 0.15) is 69.2 Å². The molecule has 2 heterocycles. The van der Waals surface area contributed by atoms with Crippen LogP contribution in [0.15, 0.2) is 28.9 Å². The number of carbonyl (C=O) groups excluding carboxylic acids is 1. The zero-order valence-corrected chi connectivity index (χ0v) is 16.3. The Morgan fingerprint density at radius 1 is 1.11 bits per heavy atom. The minimum absolute atomic E-state index is 0.108. The van der Waals surface area contributed by atoms with Gasteiger partial charge in [-0.1, -0.05) is 32.1 Å². The molecule has 1 aliphatic rings. The summed E-state index contributed by atoms with van der Waals surface area (Å²) in [5, 5.41) is 8.29. The Bertz CT molecular complexity index is 695. The molecule has 2 aromatic rings. The summed E-state index contributed by atoms with van der Waals surface area (Å²) in [6.07, 6.45) is 13.1. The second-order valence-electron chi connectivity index (χ2n) is 7.40. The first-order valence-electron chi connectivity index (χ1n) is 10.2. The predicted molar refractivity (Wildman–Crippen MR) is 103 cm³/mol. The summed E-state index contributed by atoms with van der Waals surface area (Å²) < 4.78 is 5.76. The van der Waals surface area contributed by atoms with Crippen LogP contribution in [0.25, 0.3) is 0 Å². The van der Waals surface area contributed by atoms with E-state index in [1.54, 1.807) is 12.4 Å². The summed E-state index contributed by atoms with van der Waals surface area (Å²) in [5.41, 5.74) is 1.09. The van der Waals surface area contributed by atoms with Crippen LogP contribution in [0.3, 0.4) is 0 Å². The third-order valence-electron chi connectivity index (χ3n) is 5.41. The van der Waals surface area contributed by atoms with Crippen molar-refractivity contribution in [1.82, 2.24) is 20.1 Å². The molecule has 0 aromatic carbocycles. The Balaban J connectivity index is 1.43. The SMILES string of the molecule is CCN(Cc1ccncc1)C(=O)CCc1nnc(CCC2CCCCC2)o1. The molecule has 0 atom stereocenters. The van der Waals surface area contributed by atoms with Crippen molar-refractivity contribution >= 4 is 5.91 Å². The number of hydrogen-bond acceptors (Lipinski definition) is 5. The van der Waals surface area contributed by atoms with Gasteiger partial charge in [0.05, 0.1) is 0 Å². The average Bonchev–Trinajstić information content (AvgIpc) is 3.18. The first-order chi connectivity index (χ1) is 13.2. The maximum Gasteiger partial charge on any atom is 0.223 e. The summed E-state index contributed by atoms with van der Waals surface area (Å²) in [4.78, 5) is 18.4. The van der Waals surface area contributed by atoms with E-state index in [0.29, 0.717) is 37.7 Å². The molecule has 0 unspecified atom stereocenters. The average molecular weight is 370 g/mol. The number of amides is 1. The van der Waals surface area contributed by atoms with Gasteiger partial charge in [-0.2, -0.15) is 0 Å². The van der Waals surface area contributed by atoms with Crippen molar-refractivity contribution in [2.45, 2.75) is 71.3 Å². The molecule has 1 aliphatic carbocycles. The predicted octanol–water partition coefficient (Wildman–Crippen LogP) is 3.96. The highest BCUT2D eigenvalue weighted by atomic mass is 16.4. The number of aryl methyl sites for hydroxylation is 2. The Hall–Kier alpha value is -2.24. The largest absolute Gasteiger partial charge is 0.425 e. The number of aromatic nitrogens is 3. The zero-order chi connectivity index (χ0) is 18.9. The van der Waals surface area contributed by atoms with Gasteiger partial charge in [-0.3, -0.25) is 9.78 Å². The molecule has 27 heavy (non-hydrogen) atoms. The first-order valence-corrected chi connectivity index (χ1v) is 10.2. The number of pyridine rings is 1. The van der Waals surface area contributed by atoms with Crippen LogP contribution in [0.5, 0.6) is 0 Å². The lowest BCUT2D eigenvalue weighted by Crippen LogP contribution is -2.30. The fraction of sp³-hybridized carbons (Fsp3) is 0.619. The van der Waals surface area contributed by atoms with Gasteiger partial charge in [0, 0.05) is 44.7 Å². The highest BCUT2D eigenvalue weighted by molar-refractivity contribution is 5.76. The monoisotopic (exact) mass is 370 g/mol. The van der Waals surface area contributed by atoms with Gasteiger partial charge in [-0.15, -0.1) is 10.2 Å². The van der Waals surface area contributed by atoms with Gasteiger partial charge in [0.15, 0.2) is 0 Å². The number of hydrogen-bond donors (Lipinski definition) is 0.